The highest BCUT2D eigenvalue weighted by Crippen LogP contribution is 2.35. The summed E-state index contributed by atoms with van der Waals surface area (Å²) >= 11 is 4.12. The summed E-state index contributed by atoms with van der Waals surface area (Å²) < 4.78 is 12.3. The van der Waals surface area contributed by atoms with Gasteiger partial charge in [0.2, 0.25) is 5.91 Å². The van der Waals surface area contributed by atoms with Crippen LogP contribution in [0.2, 0.25) is 0 Å². The van der Waals surface area contributed by atoms with Crippen molar-refractivity contribution in [1.82, 2.24) is 5.32 Å². The van der Waals surface area contributed by atoms with Crippen LogP contribution in [0.25, 0.3) is 0 Å². The van der Waals surface area contributed by atoms with Crippen LogP contribution in [-0.4, -0.2) is 48.1 Å². The molecule has 204 valence electrons. The summed E-state index contributed by atoms with van der Waals surface area (Å²) in [6.07, 6.45) is -0.639. The van der Waals surface area contributed by atoms with E-state index in [-0.39, 0.29) is 30.5 Å². The van der Waals surface area contributed by atoms with Gasteiger partial charge in [0.05, 0.1) is 17.1 Å². The highest BCUT2D eigenvalue weighted by Gasteiger charge is 2.41. The molecule has 0 spiro atoms. The number of ether oxygens (including phenoxy) is 2. The maximum Gasteiger partial charge on any atom is 0.220 e. The third-order valence-electron chi connectivity index (χ3n) is 6.27. The SMILES string of the molecule is CC(OCCC(CC(=O)NCCS)C(=O)C(C)(C)C)C(C)(C)C(=O)C(OC(C)(C)C)c1ccccc1. The third kappa shape index (κ3) is 10.3. The zero-order chi connectivity index (χ0) is 27.7. The molecule has 1 amide bonds. The van der Waals surface area contributed by atoms with Gasteiger partial charge in [0.1, 0.15) is 11.9 Å². The first kappa shape index (κ1) is 32.3. The second-order valence-electron chi connectivity index (χ2n) is 12.0. The van der Waals surface area contributed by atoms with Crippen LogP contribution in [0.5, 0.6) is 0 Å². The number of hydrogen-bond donors (Lipinski definition) is 2. The van der Waals surface area contributed by atoms with Gasteiger partial charge in [0, 0.05) is 36.7 Å². The number of amides is 1. The highest BCUT2D eigenvalue weighted by molar-refractivity contribution is 7.80. The molecule has 0 bridgehead atoms. The molecule has 3 unspecified atom stereocenters. The quantitative estimate of drug-likeness (QED) is 0.312. The van der Waals surface area contributed by atoms with Crippen molar-refractivity contribution < 1.29 is 23.9 Å². The van der Waals surface area contributed by atoms with Crippen LogP contribution in [0, 0.1) is 16.7 Å². The normalized spacial score (nSPS) is 15.2. The van der Waals surface area contributed by atoms with E-state index >= 15 is 0 Å². The van der Waals surface area contributed by atoms with Gasteiger partial charge in [0.15, 0.2) is 5.78 Å². The Bertz CT molecular complexity index is 855. The molecule has 0 heterocycles. The predicted octanol–water partition coefficient (Wildman–Crippen LogP) is 5.60. The Hall–Kier alpha value is -1.70. The van der Waals surface area contributed by atoms with E-state index in [9.17, 15) is 14.4 Å². The Kier molecular flexibility index (Phi) is 12.3. The molecule has 7 heteroatoms. The molecule has 0 radical (unpaired) electrons. The second kappa shape index (κ2) is 13.7. The van der Waals surface area contributed by atoms with E-state index in [0.29, 0.717) is 18.7 Å². The van der Waals surface area contributed by atoms with Crippen LogP contribution < -0.4 is 5.32 Å². The van der Waals surface area contributed by atoms with Crippen molar-refractivity contribution in [2.24, 2.45) is 16.7 Å². The Morgan fingerprint density at radius 1 is 0.944 bits per heavy atom. The standard InChI is InChI=1S/C29H47NO5S/c1-20(34-17-15-22(25(32)27(2,3)4)19-23(31)30-16-18-36)29(8,9)26(33)24(35-28(5,6)7)21-13-11-10-12-14-21/h10-14,20,22,24,36H,15-19H2,1-9H3,(H,30,31). The number of ketones is 2. The first-order valence-electron chi connectivity index (χ1n) is 12.8. The van der Waals surface area contributed by atoms with E-state index in [1.54, 1.807) is 0 Å². The van der Waals surface area contributed by atoms with Crippen LogP contribution in [0.1, 0.15) is 86.8 Å². The number of benzene rings is 1. The smallest absolute Gasteiger partial charge is 0.220 e. The van der Waals surface area contributed by atoms with Crippen molar-refractivity contribution in [3.8, 4) is 0 Å². The topological polar surface area (TPSA) is 81.7 Å². The molecule has 0 aliphatic carbocycles. The van der Waals surface area contributed by atoms with Crippen molar-refractivity contribution in [2.45, 2.75) is 93.0 Å². The molecule has 36 heavy (non-hydrogen) atoms. The lowest BCUT2D eigenvalue weighted by Gasteiger charge is -2.36. The number of rotatable bonds is 14. The minimum absolute atomic E-state index is 0.0258. The molecule has 0 saturated heterocycles. The zero-order valence-corrected chi connectivity index (χ0v) is 24.5. The average molecular weight is 522 g/mol. The van der Waals surface area contributed by atoms with Gasteiger partial charge < -0.3 is 14.8 Å². The summed E-state index contributed by atoms with van der Waals surface area (Å²) in [7, 11) is 0. The minimum atomic E-state index is -0.848. The average Bonchev–Trinajstić information content (AvgIpc) is 2.78. The number of Topliss-reactive ketones (excluding diaryl/α,β-unsaturated/α-hetero) is 2. The lowest BCUT2D eigenvalue weighted by molar-refractivity contribution is -0.157. The Labute approximate surface area is 223 Å². The fraction of sp³-hybridized carbons (Fsp3) is 0.690. The molecule has 1 N–H and O–H groups in total. The molecular weight excluding hydrogens is 474 g/mol. The maximum atomic E-state index is 13.7. The van der Waals surface area contributed by atoms with Gasteiger partial charge in [-0.05, 0) is 39.7 Å². The third-order valence-corrected chi connectivity index (χ3v) is 6.50. The van der Waals surface area contributed by atoms with Gasteiger partial charge in [-0.1, -0.05) is 65.0 Å². The van der Waals surface area contributed by atoms with E-state index in [1.807, 2.05) is 92.6 Å². The van der Waals surface area contributed by atoms with Crippen LogP contribution >= 0.6 is 12.6 Å². The van der Waals surface area contributed by atoms with Crippen molar-refractivity contribution >= 4 is 30.1 Å². The van der Waals surface area contributed by atoms with Gasteiger partial charge in [-0.2, -0.15) is 12.6 Å². The van der Waals surface area contributed by atoms with Gasteiger partial charge >= 0.3 is 0 Å². The largest absolute Gasteiger partial charge is 0.377 e. The van der Waals surface area contributed by atoms with Crippen LogP contribution in [0.3, 0.4) is 0 Å². The van der Waals surface area contributed by atoms with Crippen molar-refractivity contribution in [2.75, 3.05) is 18.9 Å². The van der Waals surface area contributed by atoms with E-state index < -0.39 is 34.6 Å². The molecule has 0 saturated carbocycles. The zero-order valence-electron chi connectivity index (χ0n) is 23.6. The van der Waals surface area contributed by atoms with Gasteiger partial charge in [-0.3, -0.25) is 14.4 Å². The van der Waals surface area contributed by atoms with Crippen molar-refractivity contribution in [3.05, 3.63) is 35.9 Å². The molecule has 0 aromatic heterocycles. The molecule has 0 aliphatic rings. The molecule has 0 aliphatic heterocycles. The van der Waals surface area contributed by atoms with Crippen molar-refractivity contribution in [1.29, 1.82) is 0 Å². The highest BCUT2D eigenvalue weighted by atomic mass is 32.1. The van der Waals surface area contributed by atoms with Crippen LogP contribution in [0.4, 0.5) is 0 Å². The van der Waals surface area contributed by atoms with Gasteiger partial charge in [-0.25, -0.2) is 0 Å². The summed E-state index contributed by atoms with van der Waals surface area (Å²) in [5.41, 5.74) is -1.12. The first-order chi connectivity index (χ1) is 16.5. The summed E-state index contributed by atoms with van der Waals surface area (Å²) in [6, 6.07) is 9.50. The second-order valence-corrected chi connectivity index (χ2v) is 12.4. The maximum absolute atomic E-state index is 13.7. The molecule has 1 aromatic carbocycles. The molecule has 1 aromatic rings. The summed E-state index contributed by atoms with van der Waals surface area (Å²) in [5.74, 6) is -0.129. The Morgan fingerprint density at radius 3 is 2.03 bits per heavy atom. The van der Waals surface area contributed by atoms with Crippen LogP contribution in [-0.2, 0) is 23.9 Å². The van der Waals surface area contributed by atoms with Gasteiger partial charge in [0.25, 0.3) is 0 Å². The number of nitrogens with one attached hydrogen (secondary N) is 1. The molecule has 0 fully saturated rings. The number of hydrogen-bond acceptors (Lipinski definition) is 6. The number of carbonyl (C=O) groups excluding carboxylic acids is 3. The fourth-order valence-corrected chi connectivity index (χ4v) is 3.93. The summed E-state index contributed by atoms with van der Waals surface area (Å²) in [4.78, 5) is 39.1. The predicted molar refractivity (Wildman–Crippen MR) is 148 cm³/mol. The number of thiol groups is 1. The van der Waals surface area contributed by atoms with E-state index in [4.69, 9.17) is 9.47 Å². The first-order valence-corrected chi connectivity index (χ1v) is 13.4. The summed E-state index contributed by atoms with van der Waals surface area (Å²) in [5, 5.41) is 2.79. The Balaban J connectivity index is 2.95. The Morgan fingerprint density at radius 2 is 1.53 bits per heavy atom. The molecule has 3 atom stereocenters. The monoisotopic (exact) mass is 521 g/mol. The minimum Gasteiger partial charge on any atom is -0.377 e. The number of carbonyl (C=O) groups is 3. The van der Waals surface area contributed by atoms with E-state index in [0.717, 1.165) is 5.56 Å². The molecule has 6 nitrogen and oxygen atoms in total. The van der Waals surface area contributed by atoms with Crippen LogP contribution in [0.15, 0.2) is 30.3 Å². The molecule has 1 rings (SSSR count). The molecular formula is C29H47NO5S. The lowest BCUT2D eigenvalue weighted by Crippen LogP contribution is -2.43. The van der Waals surface area contributed by atoms with Crippen molar-refractivity contribution in [3.63, 3.8) is 0 Å². The lowest BCUT2D eigenvalue weighted by atomic mass is 9.78. The van der Waals surface area contributed by atoms with Gasteiger partial charge in [-0.15, -0.1) is 0 Å². The summed E-state index contributed by atoms with van der Waals surface area (Å²) in [6.45, 7) is 17.7. The van der Waals surface area contributed by atoms with E-state index in [2.05, 4.69) is 17.9 Å². The van der Waals surface area contributed by atoms with E-state index in [1.165, 1.54) is 0 Å². The fourth-order valence-electron chi connectivity index (χ4n) is 3.82.